The van der Waals surface area contributed by atoms with Gasteiger partial charge in [0.25, 0.3) is 0 Å². The lowest BCUT2D eigenvalue weighted by Crippen LogP contribution is -2.14. The van der Waals surface area contributed by atoms with E-state index in [9.17, 15) is 13.2 Å². The van der Waals surface area contributed by atoms with Crippen molar-refractivity contribution in [2.45, 2.75) is 32.5 Å². The van der Waals surface area contributed by atoms with E-state index in [2.05, 4.69) is 20.6 Å². The average Bonchev–Trinajstić information content (AvgIpc) is 2.48. The first-order valence-corrected chi connectivity index (χ1v) is 7.39. The van der Waals surface area contributed by atoms with Crippen LogP contribution in [-0.2, 0) is 6.18 Å². The summed E-state index contributed by atoms with van der Waals surface area (Å²) in [7, 11) is 0. The molecular formula is C15H16ClF3N4. The second-order valence-corrected chi connectivity index (χ2v) is 5.47. The number of nitrogens with one attached hydrogen (secondary N) is 2. The van der Waals surface area contributed by atoms with Crippen molar-refractivity contribution in [1.82, 2.24) is 9.97 Å². The number of hydrogen-bond donors (Lipinski definition) is 2. The van der Waals surface area contributed by atoms with Crippen molar-refractivity contribution in [1.29, 1.82) is 0 Å². The maximum atomic E-state index is 12.9. The lowest BCUT2D eigenvalue weighted by molar-refractivity contribution is -0.137. The molecule has 0 aliphatic carbocycles. The molecule has 2 N–H and O–H groups in total. The third-order valence-electron chi connectivity index (χ3n) is 3.22. The number of anilines is 3. The average molecular weight is 345 g/mol. The molecule has 1 aromatic heterocycles. The Kier molecular flexibility index (Phi) is 5.30. The molecule has 0 bridgehead atoms. The topological polar surface area (TPSA) is 49.8 Å². The maximum absolute atomic E-state index is 12.9. The van der Waals surface area contributed by atoms with E-state index >= 15 is 0 Å². The van der Waals surface area contributed by atoms with Crippen LogP contribution in [0.15, 0.2) is 30.6 Å². The van der Waals surface area contributed by atoms with Crippen molar-refractivity contribution >= 4 is 28.9 Å². The third-order valence-corrected chi connectivity index (χ3v) is 3.55. The minimum atomic E-state index is -4.51. The fourth-order valence-electron chi connectivity index (χ4n) is 1.83. The van der Waals surface area contributed by atoms with Gasteiger partial charge in [0.2, 0.25) is 0 Å². The van der Waals surface area contributed by atoms with Crippen LogP contribution in [0.2, 0.25) is 5.02 Å². The second kappa shape index (κ2) is 7.04. The molecule has 2 aromatic rings. The first-order chi connectivity index (χ1) is 10.8. The van der Waals surface area contributed by atoms with Crippen molar-refractivity contribution in [2.75, 3.05) is 10.6 Å². The number of nitrogens with zero attached hydrogens (tertiary/aromatic N) is 2. The molecule has 2 rings (SSSR count). The Morgan fingerprint density at radius 2 is 1.87 bits per heavy atom. The van der Waals surface area contributed by atoms with Crippen LogP contribution in [0.1, 0.15) is 25.8 Å². The molecule has 1 atom stereocenters. The number of benzene rings is 1. The molecule has 0 aliphatic rings. The van der Waals surface area contributed by atoms with E-state index in [1.807, 2.05) is 13.8 Å². The van der Waals surface area contributed by atoms with E-state index in [0.29, 0.717) is 11.6 Å². The highest BCUT2D eigenvalue weighted by Crippen LogP contribution is 2.36. The Morgan fingerprint density at radius 1 is 1.17 bits per heavy atom. The molecule has 0 spiro atoms. The van der Waals surface area contributed by atoms with Gasteiger partial charge in [0.05, 0.1) is 10.6 Å². The molecule has 8 heteroatoms. The Labute approximate surface area is 137 Å². The van der Waals surface area contributed by atoms with Gasteiger partial charge in [-0.25, -0.2) is 9.97 Å². The van der Waals surface area contributed by atoms with Crippen molar-refractivity contribution in [3.63, 3.8) is 0 Å². The van der Waals surface area contributed by atoms with Crippen molar-refractivity contribution < 1.29 is 13.2 Å². The van der Waals surface area contributed by atoms with Crippen molar-refractivity contribution in [3.8, 4) is 0 Å². The van der Waals surface area contributed by atoms with Crippen LogP contribution in [-0.4, -0.2) is 16.0 Å². The van der Waals surface area contributed by atoms with Gasteiger partial charge in [0.15, 0.2) is 0 Å². The predicted molar refractivity (Wildman–Crippen MR) is 85.1 cm³/mol. The van der Waals surface area contributed by atoms with Gasteiger partial charge in [0, 0.05) is 17.8 Å². The van der Waals surface area contributed by atoms with Crippen LogP contribution >= 0.6 is 11.6 Å². The van der Waals surface area contributed by atoms with Crippen LogP contribution in [0, 0.1) is 0 Å². The summed E-state index contributed by atoms with van der Waals surface area (Å²) in [6.45, 7) is 4.04. The summed E-state index contributed by atoms with van der Waals surface area (Å²) in [5.41, 5.74) is -0.647. The SMILES string of the molecule is CCC(C)Nc1cc(Nc2ccc(Cl)c(C(F)(F)F)c2)ncn1. The van der Waals surface area contributed by atoms with Gasteiger partial charge in [-0.05, 0) is 31.5 Å². The zero-order valence-corrected chi connectivity index (χ0v) is 13.3. The summed E-state index contributed by atoms with van der Waals surface area (Å²) in [6.07, 6.45) is -2.25. The Bertz CT molecular complexity index is 676. The standard InChI is InChI=1S/C15H16ClF3N4/c1-3-9(2)22-13-7-14(21-8-20-13)23-10-4-5-12(16)11(6-10)15(17,18)19/h4-9H,3H2,1-2H3,(H2,20,21,22,23). The van der Waals surface area contributed by atoms with Crippen LogP contribution < -0.4 is 10.6 Å². The summed E-state index contributed by atoms with van der Waals surface area (Å²) < 4.78 is 38.6. The number of rotatable bonds is 5. The molecule has 1 heterocycles. The lowest BCUT2D eigenvalue weighted by Gasteiger charge is -2.14. The van der Waals surface area contributed by atoms with Crippen molar-refractivity contribution in [2.24, 2.45) is 0 Å². The van der Waals surface area contributed by atoms with Crippen LogP contribution in [0.25, 0.3) is 0 Å². The Balaban J connectivity index is 2.21. The maximum Gasteiger partial charge on any atom is 0.417 e. The largest absolute Gasteiger partial charge is 0.417 e. The first-order valence-electron chi connectivity index (χ1n) is 7.02. The summed E-state index contributed by atoms with van der Waals surface area (Å²) in [4.78, 5) is 8.08. The number of hydrogen-bond acceptors (Lipinski definition) is 4. The normalized spacial score (nSPS) is 12.8. The highest BCUT2D eigenvalue weighted by atomic mass is 35.5. The molecule has 1 unspecified atom stereocenters. The molecule has 0 fully saturated rings. The summed E-state index contributed by atoms with van der Waals surface area (Å²) >= 11 is 5.60. The summed E-state index contributed by atoms with van der Waals surface area (Å²) in [6, 6.07) is 5.47. The fourth-order valence-corrected chi connectivity index (χ4v) is 2.05. The van der Waals surface area contributed by atoms with E-state index in [4.69, 9.17) is 11.6 Å². The molecular weight excluding hydrogens is 329 g/mol. The monoisotopic (exact) mass is 344 g/mol. The zero-order valence-electron chi connectivity index (χ0n) is 12.6. The van der Waals surface area contributed by atoms with Crippen LogP contribution in [0.4, 0.5) is 30.5 Å². The molecule has 4 nitrogen and oxygen atoms in total. The summed E-state index contributed by atoms with van der Waals surface area (Å²) in [5.74, 6) is 0.989. The van der Waals surface area contributed by atoms with Gasteiger partial charge >= 0.3 is 6.18 Å². The van der Waals surface area contributed by atoms with E-state index in [1.165, 1.54) is 18.5 Å². The molecule has 0 amide bonds. The lowest BCUT2D eigenvalue weighted by atomic mass is 10.2. The molecule has 0 saturated heterocycles. The highest BCUT2D eigenvalue weighted by Gasteiger charge is 2.33. The van der Waals surface area contributed by atoms with E-state index in [1.54, 1.807) is 6.07 Å². The van der Waals surface area contributed by atoms with Gasteiger partial charge in [-0.1, -0.05) is 18.5 Å². The quantitative estimate of drug-likeness (QED) is 0.792. The minimum absolute atomic E-state index is 0.227. The van der Waals surface area contributed by atoms with Crippen LogP contribution in [0.3, 0.4) is 0 Å². The fraction of sp³-hybridized carbons (Fsp3) is 0.333. The third kappa shape index (κ3) is 4.72. The van der Waals surface area contributed by atoms with Gasteiger partial charge in [-0.2, -0.15) is 13.2 Å². The smallest absolute Gasteiger partial charge is 0.367 e. The number of halogens is 4. The second-order valence-electron chi connectivity index (χ2n) is 5.06. The van der Waals surface area contributed by atoms with E-state index < -0.39 is 11.7 Å². The predicted octanol–water partition coefficient (Wildman–Crippen LogP) is 5.10. The summed E-state index contributed by atoms with van der Waals surface area (Å²) in [5, 5.41) is 5.65. The molecule has 0 aliphatic heterocycles. The van der Waals surface area contributed by atoms with Gasteiger partial charge < -0.3 is 10.6 Å². The molecule has 124 valence electrons. The molecule has 23 heavy (non-hydrogen) atoms. The zero-order chi connectivity index (χ0) is 17.0. The first kappa shape index (κ1) is 17.3. The Hall–Kier alpha value is -2.02. The highest BCUT2D eigenvalue weighted by molar-refractivity contribution is 6.31. The Morgan fingerprint density at radius 3 is 2.52 bits per heavy atom. The molecule has 0 radical (unpaired) electrons. The minimum Gasteiger partial charge on any atom is -0.367 e. The van der Waals surface area contributed by atoms with E-state index in [-0.39, 0.29) is 16.8 Å². The van der Waals surface area contributed by atoms with Crippen LogP contribution in [0.5, 0.6) is 0 Å². The number of alkyl halides is 3. The van der Waals surface area contributed by atoms with Gasteiger partial charge in [0.1, 0.15) is 18.0 Å². The van der Waals surface area contributed by atoms with Gasteiger partial charge in [-0.15, -0.1) is 0 Å². The van der Waals surface area contributed by atoms with Gasteiger partial charge in [-0.3, -0.25) is 0 Å². The molecule has 0 saturated carbocycles. The van der Waals surface area contributed by atoms with E-state index in [0.717, 1.165) is 12.5 Å². The van der Waals surface area contributed by atoms with Crippen molar-refractivity contribution in [3.05, 3.63) is 41.2 Å². The molecule has 1 aromatic carbocycles. The number of aromatic nitrogens is 2.